The van der Waals surface area contributed by atoms with Gasteiger partial charge in [0.05, 0.1) is 11.4 Å². The van der Waals surface area contributed by atoms with Crippen LogP contribution >= 0.6 is 11.3 Å². The Balaban J connectivity index is 1.61. The fraction of sp³-hybridized carbons (Fsp3) is 0.357. The van der Waals surface area contributed by atoms with E-state index in [4.69, 9.17) is 4.74 Å². The summed E-state index contributed by atoms with van der Waals surface area (Å²) in [6, 6.07) is 5.50. The number of likely N-dealkylation sites (tertiary alicyclic amines) is 1. The number of amides is 1. The highest BCUT2D eigenvalue weighted by Gasteiger charge is 2.28. The number of aromatic nitrogens is 2. The lowest BCUT2D eigenvalue weighted by atomic mass is 10.3. The maximum absolute atomic E-state index is 12.2. The fourth-order valence-corrected chi connectivity index (χ4v) is 2.93. The van der Waals surface area contributed by atoms with Gasteiger partial charge in [0, 0.05) is 25.2 Å². The Morgan fingerprint density at radius 2 is 2.40 bits per heavy atom. The van der Waals surface area contributed by atoms with Gasteiger partial charge in [0.1, 0.15) is 11.9 Å². The average Bonchev–Trinajstić information content (AvgIpc) is 3.09. The van der Waals surface area contributed by atoms with E-state index in [1.807, 2.05) is 29.3 Å². The molecule has 3 rings (SSSR count). The summed E-state index contributed by atoms with van der Waals surface area (Å²) in [6.45, 7) is 3.17. The number of nitrogens with zero attached hydrogens (tertiary/aromatic N) is 3. The van der Waals surface area contributed by atoms with Crippen LogP contribution in [0.2, 0.25) is 0 Å². The first-order chi connectivity index (χ1) is 9.72. The fourth-order valence-electron chi connectivity index (χ4n) is 2.24. The number of ether oxygens (including phenoxy) is 1. The minimum Gasteiger partial charge on any atom is -0.472 e. The van der Waals surface area contributed by atoms with Crippen LogP contribution in [0.15, 0.2) is 29.8 Å². The molecule has 0 saturated carbocycles. The van der Waals surface area contributed by atoms with Crippen LogP contribution in [0.25, 0.3) is 0 Å². The zero-order valence-corrected chi connectivity index (χ0v) is 12.0. The molecule has 1 saturated heterocycles. The smallest absolute Gasteiger partial charge is 0.264 e. The molecular formula is C14H15N3O2S. The normalized spacial score (nSPS) is 18.2. The van der Waals surface area contributed by atoms with Crippen molar-refractivity contribution >= 4 is 17.2 Å². The predicted molar refractivity (Wildman–Crippen MR) is 76.0 cm³/mol. The average molecular weight is 289 g/mol. The van der Waals surface area contributed by atoms with Gasteiger partial charge in [-0.15, -0.1) is 11.3 Å². The van der Waals surface area contributed by atoms with Crippen molar-refractivity contribution in [2.24, 2.45) is 0 Å². The van der Waals surface area contributed by atoms with Gasteiger partial charge in [0.25, 0.3) is 5.91 Å². The minimum atomic E-state index is 0.00760. The molecule has 0 spiro atoms. The quantitative estimate of drug-likeness (QED) is 0.868. The SMILES string of the molecule is Cc1nccc(O[C@@H]2CCN(C(=O)c3cccs3)C2)n1. The van der Waals surface area contributed by atoms with Crippen LogP contribution in [-0.2, 0) is 0 Å². The molecule has 0 unspecified atom stereocenters. The van der Waals surface area contributed by atoms with E-state index in [1.54, 1.807) is 12.3 Å². The summed E-state index contributed by atoms with van der Waals surface area (Å²) in [5.74, 6) is 1.35. The van der Waals surface area contributed by atoms with E-state index in [1.165, 1.54) is 11.3 Å². The maximum Gasteiger partial charge on any atom is 0.264 e. The Bertz CT molecular complexity index is 600. The second-order valence-electron chi connectivity index (χ2n) is 4.70. The lowest BCUT2D eigenvalue weighted by Crippen LogP contribution is -2.30. The molecule has 6 heteroatoms. The third kappa shape index (κ3) is 2.80. The molecule has 0 aromatic carbocycles. The second-order valence-corrected chi connectivity index (χ2v) is 5.65. The number of carbonyl (C=O) groups is 1. The molecule has 5 nitrogen and oxygen atoms in total. The Kier molecular flexibility index (Phi) is 3.64. The maximum atomic E-state index is 12.2. The molecule has 0 aliphatic carbocycles. The van der Waals surface area contributed by atoms with Crippen molar-refractivity contribution in [2.45, 2.75) is 19.4 Å². The van der Waals surface area contributed by atoms with Crippen molar-refractivity contribution in [1.82, 2.24) is 14.9 Å². The highest BCUT2D eigenvalue weighted by Crippen LogP contribution is 2.20. The molecule has 0 N–H and O–H groups in total. The van der Waals surface area contributed by atoms with Crippen LogP contribution in [0, 0.1) is 6.92 Å². The van der Waals surface area contributed by atoms with Gasteiger partial charge in [-0.2, -0.15) is 4.98 Å². The van der Waals surface area contributed by atoms with Crippen LogP contribution in [0.3, 0.4) is 0 Å². The summed E-state index contributed by atoms with van der Waals surface area (Å²) < 4.78 is 5.81. The zero-order chi connectivity index (χ0) is 13.9. The molecule has 2 aromatic heterocycles. The first-order valence-corrected chi connectivity index (χ1v) is 7.39. The van der Waals surface area contributed by atoms with Crippen LogP contribution in [0.4, 0.5) is 0 Å². The van der Waals surface area contributed by atoms with Crippen molar-refractivity contribution in [1.29, 1.82) is 0 Å². The lowest BCUT2D eigenvalue weighted by Gasteiger charge is -2.16. The number of thiophene rings is 1. The van der Waals surface area contributed by atoms with Crippen LogP contribution < -0.4 is 4.74 Å². The van der Waals surface area contributed by atoms with Crippen LogP contribution in [0.5, 0.6) is 5.88 Å². The van der Waals surface area contributed by atoms with Crippen molar-refractivity contribution in [2.75, 3.05) is 13.1 Å². The van der Waals surface area contributed by atoms with Gasteiger partial charge in [-0.3, -0.25) is 4.79 Å². The molecular weight excluding hydrogens is 274 g/mol. The van der Waals surface area contributed by atoms with Crippen molar-refractivity contribution in [3.05, 3.63) is 40.5 Å². The molecule has 104 valence electrons. The standard InChI is InChI=1S/C14H15N3O2S/c1-10-15-6-4-13(16-10)19-11-5-7-17(9-11)14(18)12-3-2-8-20-12/h2-4,6,8,11H,5,7,9H2,1H3/t11-/m1/s1. The molecule has 0 radical (unpaired) electrons. The van der Waals surface area contributed by atoms with Gasteiger partial charge in [0.2, 0.25) is 5.88 Å². The van der Waals surface area contributed by atoms with Gasteiger partial charge >= 0.3 is 0 Å². The third-order valence-electron chi connectivity index (χ3n) is 3.20. The van der Waals surface area contributed by atoms with Crippen molar-refractivity contribution in [3.8, 4) is 5.88 Å². The van der Waals surface area contributed by atoms with Gasteiger partial charge < -0.3 is 9.64 Å². The molecule has 1 amide bonds. The van der Waals surface area contributed by atoms with E-state index < -0.39 is 0 Å². The first kappa shape index (κ1) is 13.1. The monoisotopic (exact) mass is 289 g/mol. The first-order valence-electron chi connectivity index (χ1n) is 6.51. The Labute approximate surface area is 121 Å². The highest BCUT2D eigenvalue weighted by atomic mass is 32.1. The summed E-state index contributed by atoms with van der Waals surface area (Å²) in [4.78, 5) is 23.1. The zero-order valence-electron chi connectivity index (χ0n) is 11.2. The van der Waals surface area contributed by atoms with Gasteiger partial charge in [0.15, 0.2) is 0 Å². The number of carbonyl (C=O) groups excluding carboxylic acids is 1. The van der Waals surface area contributed by atoms with E-state index in [9.17, 15) is 4.79 Å². The van der Waals surface area contributed by atoms with Crippen molar-refractivity contribution in [3.63, 3.8) is 0 Å². The van der Waals surface area contributed by atoms with Crippen LogP contribution in [0.1, 0.15) is 21.9 Å². The summed E-state index contributed by atoms with van der Waals surface area (Å²) >= 11 is 1.47. The molecule has 20 heavy (non-hydrogen) atoms. The summed E-state index contributed by atoms with van der Waals surface area (Å²) in [5, 5.41) is 1.92. The minimum absolute atomic E-state index is 0.00760. The number of hydrogen-bond acceptors (Lipinski definition) is 5. The van der Waals surface area contributed by atoms with E-state index >= 15 is 0 Å². The van der Waals surface area contributed by atoms with Crippen LogP contribution in [-0.4, -0.2) is 40.0 Å². The molecule has 0 bridgehead atoms. The topological polar surface area (TPSA) is 55.3 Å². The number of aryl methyl sites for hydroxylation is 1. The van der Waals surface area contributed by atoms with Crippen molar-refractivity contribution < 1.29 is 9.53 Å². The summed E-state index contributed by atoms with van der Waals surface area (Å²) in [7, 11) is 0. The van der Waals surface area contributed by atoms with Gasteiger partial charge in [-0.25, -0.2) is 4.98 Å². The van der Waals surface area contributed by atoms with Gasteiger partial charge in [-0.1, -0.05) is 6.07 Å². The Morgan fingerprint density at radius 3 is 3.15 bits per heavy atom. The summed E-state index contributed by atoms with van der Waals surface area (Å²) in [5.41, 5.74) is 0. The van der Waals surface area contributed by atoms with E-state index in [-0.39, 0.29) is 12.0 Å². The second kappa shape index (κ2) is 5.58. The summed E-state index contributed by atoms with van der Waals surface area (Å²) in [6.07, 6.45) is 2.52. The molecule has 1 fully saturated rings. The van der Waals surface area contributed by atoms with E-state index in [0.717, 1.165) is 17.8 Å². The Hall–Kier alpha value is -1.95. The largest absolute Gasteiger partial charge is 0.472 e. The molecule has 1 aliphatic heterocycles. The van der Waals surface area contributed by atoms with E-state index in [0.29, 0.717) is 18.2 Å². The molecule has 3 heterocycles. The van der Waals surface area contributed by atoms with E-state index in [2.05, 4.69) is 9.97 Å². The number of hydrogen-bond donors (Lipinski definition) is 0. The highest BCUT2D eigenvalue weighted by molar-refractivity contribution is 7.12. The number of rotatable bonds is 3. The molecule has 1 aliphatic rings. The Morgan fingerprint density at radius 1 is 1.50 bits per heavy atom. The molecule has 2 aromatic rings. The third-order valence-corrected chi connectivity index (χ3v) is 4.06. The van der Waals surface area contributed by atoms with Gasteiger partial charge in [-0.05, 0) is 18.4 Å². The molecule has 1 atom stereocenters. The lowest BCUT2D eigenvalue weighted by molar-refractivity contribution is 0.0776. The predicted octanol–water partition coefficient (Wildman–Crippen LogP) is 2.14.